The quantitative estimate of drug-likeness (QED) is 0.858. The summed E-state index contributed by atoms with van der Waals surface area (Å²) in [6.45, 7) is 6.84. The average Bonchev–Trinajstić information content (AvgIpc) is 2.58. The van der Waals surface area contributed by atoms with Gasteiger partial charge >= 0.3 is 0 Å². The van der Waals surface area contributed by atoms with Crippen molar-refractivity contribution in [1.82, 2.24) is 9.80 Å². The fraction of sp³-hybridized carbons (Fsp3) is 0.500. The molecule has 5 nitrogen and oxygen atoms in total. The number of nitriles is 1. The van der Waals surface area contributed by atoms with Crippen LogP contribution in [0.4, 0.5) is 0 Å². The molecule has 0 atom stereocenters. The maximum Gasteiger partial charge on any atom is 0.161 e. The van der Waals surface area contributed by atoms with Crippen LogP contribution >= 0.6 is 0 Å². The third kappa shape index (κ3) is 2.64. The molecule has 0 saturated heterocycles. The van der Waals surface area contributed by atoms with E-state index in [1.807, 2.05) is 12.1 Å². The molecule has 2 aliphatic heterocycles. The van der Waals surface area contributed by atoms with Crippen molar-refractivity contribution < 1.29 is 9.47 Å². The van der Waals surface area contributed by atoms with E-state index in [-0.39, 0.29) is 0 Å². The zero-order valence-corrected chi connectivity index (χ0v) is 14.2. The molecule has 0 saturated carbocycles. The Morgan fingerprint density at radius 1 is 1.17 bits per heavy atom. The lowest BCUT2D eigenvalue weighted by Crippen LogP contribution is -2.48. The highest BCUT2D eigenvalue weighted by Gasteiger charge is 2.32. The van der Waals surface area contributed by atoms with E-state index in [1.165, 1.54) is 5.56 Å². The van der Waals surface area contributed by atoms with Crippen molar-refractivity contribution in [2.75, 3.05) is 34.0 Å². The summed E-state index contributed by atoms with van der Waals surface area (Å²) in [4.78, 5) is 4.64. The van der Waals surface area contributed by atoms with E-state index < -0.39 is 0 Å². The molecule has 0 unspecified atom stereocenters. The zero-order valence-electron chi connectivity index (χ0n) is 14.2. The molecule has 0 spiro atoms. The standard InChI is InChI=1S/C18H23N3O2/c1-12(2)21-10-14(9-19)18-15-8-17(23-4)16(22-3)7-13(15)5-6-20(18)11-21/h7-8,12H,5-6,10-11H2,1-4H3. The maximum atomic E-state index is 9.67. The van der Waals surface area contributed by atoms with Gasteiger partial charge in [0.05, 0.1) is 38.2 Å². The van der Waals surface area contributed by atoms with Crippen molar-refractivity contribution in [2.24, 2.45) is 0 Å². The lowest BCUT2D eigenvalue weighted by Gasteiger charge is -2.43. The van der Waals surface area contributed by atoms with E-state index in [0.717, 1.165) is 42.2 Å². The maximum absolute atomic E-state index is 9.67. The molecule has 1 aromatic carbocycles. The molecular weight excluding hydrogens is 290 g/mol. The van der Waals surface area contributed by atoms with Gasteiger partial charge in [0.25, 0.3) is 0 Å². The number of benzene rings is 1. The van der Waals surface area contributed by atoms with Gasteiger partial charge in [-0.1, -0.05) is 0 Å². The lowest BCUT2D eigenvalue weighted by molar-refractivity contribution is 0.141. The SMILES string of the molecule is COc1cc2c(cc1OC)C1=C(C#N)CN(C(C)C)CN1CC2. The Morgan fingerprint density at radius 2 is 1.87 bits per heavy atom. The van der Waals surface area contributed by atoms with Crippen LogP contribution in [0.2, 0.25) is 0 Å². The van der Waals surface area contributed by atoms with E-state index in [0.29, 0.717) is 18.3 Å². The number of fused-ring (bicyclic) bond motifs is 3. The summed E-state index contributed by atoms with van der Waals surface area (Å²) in [6, 6.07) is 6.90. The topological polar surface area (TPSA) is 48.7 Å². The number of rotatable bonds is 3. The second-order valence-electron chi connectivity index (χ2n) is 6.30. The minimum Gasteiger partial charge on any atom is -0.493 e. The van der Waals surface area contributed by atoms with Gasteiger partial charge in [-0.05, 0) is 38.0 Å². The predicted molar refractivity (Wildman–Crippen MR) is 89.2 cm³/mol. The van der Waals surface area contributed by atoms with Crippen molar-refractivity contribution in [3.05, 3.63) is 28.8 Å². The van der Waals surface area contributed by atoms with Crippen LogP contribution in [-0.2, 0) is 6.42 Å². The summed E-state index contributed by atoms with van der Waals surface area (Å²) >= 11 is 0. The van der Waals surface area contributed by atoms with Crippen LogP contribution in [0.3, 0.4) is 0 Å². The minimum atomic E-state index is 0.423. The molecule has 0 fully saturated rings. The molecule has 2 aliphatic rings. The lowest BCUT2D eigenvalue weighted by atomic mass is 9.92. The highest BCUT2D eigenvalue weighted by molar-refractivity contribution is 5.77. The van der Waals surface area contributed by atoms with Gasteiger partial charge in [0, 0.05) is 24.7 Å². The second-order valence-corrected chi connectivity index (χ2v) is 6.30. The highest BCUT2D eigenvalue weighted by Crippen LogP contribution is 2.40. The van der Waals surface area contributed by atoms with E-state index in [9.17, 15) is 5.26 Å². The summed E-state index contributed by atoms with van der Waals surface area (Å²) in [7, 11) is 3.30. The molecule has 0 N–H and O–H groups in total. The van der Waals surface area contributed by atoms with Gasteiger partial charge in [0.1, 0.15) is 0 Å². The van der Waals surface area contributed by atoms with E-state index >= 15 is 0 Å². The largest absolute Gasteiger partial charge is 0.493 e. The monoisotopic (exact) mass is 313 g/mol. The molecule has 122 valence electrons. The number of hydrogen-bond donors (Lipinski definition) is 0. The summed E-state index contributed by atoms with van der Waals surface area (Å²) in [5.41, 5.74) is 4.22. The average molecular weight is 313 g/mol. The van der Waals surface area contributed by atoms with Crippen molar-refractivity contribution in [2.45, 2.75) is 26.3 Å². The normalized spacial score (nSPS) is 17.7. The number of hydrogen-bond acceptors (Lipinski definition) is 5. The zero-order chi connectivity index (χ0) is 16.6. The van der Waals surface area contributed by atoms with Crippen molar-refractivity contribution in [1.29, 1.82) is 5.26 Å². The first-order chi connectivity index (χ1) is 11.1. The van der Waals surface area contributed by atoms with Crippen LogP contribution in [-0.4, -0.2) is 49.8 Å². The molecule has 2 heterocycles. The van der Waals surface area contributed by atoms with Crippen LogP contribution in [0.25, 0.3) is 5.70 Å². The first-order valence-electron chi connectivity index (χ1n) is 7.96. The Bertz CT molecular complexity index is 688. The Morgan fingerprint density at radius 3 is 2.48 bits per heavy atom. The molecule has 23 heavy (non-hydrogen) atoms. The van der Waals surface area contributed by atoms with Crippen LogP contribution in [0, 0.1) is 11.3 Å². The minimum absolute atomic E-state index is 0.423. The summed E-state index contributed by atoms with van der Waals surface area (Å²) in [5, 5.41) is 9.67. The molecule has 0 amide bonds. The van der Waals surface area contributed by atoms with Crippen LogP contribution in [0.1, 0.15) is 25.0 Å². The molecule has 5 heteroatoms. The third-order valence-corrected chi connectivity index (χ3v) is 4.70. The molecule has 1 aromatic rings. The predicted octanol–water partition coefficient (Wildman–Crippen LogP) is 2.48. The van der Waals surface area contributed by atoms with Gasteiger partial charge in [-0.3, -0.25) is 4.90 Å². The number of methoxy groups -OCH3 is 2. The van der Waals surface area contributed by atoms with Crippen molar-refractivity contribution in [3.63, 3.8) is 0 Å². The third-order valence-electron chi connectivity index (χ3n) is 4.70. The van der Waals surface area contributed by atoms with Crippen LogP contribution in [0.15, 0.2) is 17.7 Å². The van der Waals surface area contributed by atoms with Gasteiger partial charge in [-0.15, -0.1) is 0 Å². The summed E-state index contributed by atoms with van der Waals surface area (Å²) in [6.07, 6.45) is 0.948. The number of ether oxygens (including phenoxy) is 2. The van der Waals surface area contributed by atoms with Gasteiger partial charge < -0.3 is 14.4 Å². The van der Waals surface area contributed by atoms with Crippen molar-refractivity contribution >= 4 is 5.70 Å². The van der Waals surface area contributed by atoms with Gasteiger partial charge in [0.2, 0.25) is 0 Å². The van der Waals surface area contributed by atoms with Gasteiger partial charge in [-0.25, -0.2) is 0 Å². The van der Waals surface area contributed by atoms with E-state index in [1.54, 1.807) is 14.2 Å². The van der Waals surface area contributed by atoms with Crippen LogP contribution in [0.5, 0.6) is 11.5 Å². The molecule has 0 bridgehead atoms. The summed E-state index contributed by atoms with van der Waals surface area (Å²) in [5.74, 6) is 1.46. The van der Waals surface area contributed by atoms with Crippen LogP contribution < -0.4 is 9.47 Å². The molecule has 3 rings (SSSR count). The van der Waals surface area contributed by atoms with Gasteiger partial charge in [0.15, 0.2) is 11.5 Å². The molecule has 0 aliphatic carbocycles. The fourth-order valence-corrected chi connectivity index (χ4v) is 3.36. The smallest absolute Gasteiger partial charge is 0.161 e. The van der Waals surface area contributed by atoms with Gasteiger partial charge in [-0.2, -0.15) is 5.26 Å². The van der Waals surface area contributed by atoms with E-state index in [4.69, 9.17) is 9.47 Å². The van der Waals surface area contributed by atoms with Crippen molar-refractivity contribution in [3.8, 4) is 17.6 Å². The first-order valence-corrected chi connectivity index (χ1v) is 7.96. The molecule has 0 aromatic heterocycles. The fourth-order valence-electron chi connectivity index (χ4n) is 3.36. The Labute approximate surface area is 137 Å². The Hall–Kier alpha value is -2.19. The summed E-state index contributed by atoms with van der Waals surface area (Å²) < 4.78 is 10.9. The van der Waals surface area contributed by atoms with E-state index in [2.05, 4.69) is 29.7 Å². The molecule has 0 radical (unpaired) electrons. The molecular formula is C18H23N3O2. The first kappa shape index (κ1) is 15.7. The Balaban J connectivity index is 2.13. The Kier molecular flexibility index (Phi) is 4.18. The second kappa shape index (κ2) is 6.13. The highest BCUT2D eigenvalue weighted by atomic mass is 16.5. The number of nitrogens with zero attached hydrogens (tertiary/aromatic N) is 3.